The first-order chi connectivity index (χ1) is 15.6. The lowest BCUT2D eigenvalue weighted by Gasteiger charge is -2.27. The maximum Gasteiger partial charge on any atom is 0.273 e. The van der Waals surface area contributed by atoms with Crippen LogP contribution in [0.25, 0.3) is 11.3 Å². The third-order valence-corrected chi connectivity index (χ3v) is 6.06. The number of nitrogens with one attached hydrogen (secondary N) is 1. The number of aromatic nitrogens is 2. The van der Waals surface area contributed by atoms with E-state index < -0.39 is 6.04 Å². The normalized spacial score (nSPS) is 15.2. The number of nitrogens with zero attached hydrogens (tertiary/aromatic N) is 2. The Labute approximate surface area is 189 Å². The van der Waals surface area contributed by atoms with Gasteiger partial charge in [-0.1, -0.05) is 41.9 Å². The van der Waals surface area contributed by atoms with Crippen molar-refractivity contribution in [2.45, 2.75) is 12.6 Å². The van der Waals surface area contributed by atoms with Gasteiger partial charge in [0.05, 0.1) is 18.8 Å². The Kier molecular flexibility index (Phi) is 5.15. The zero-order chi connectivity index (χ0) is 22.2. The number of amides is 1. The number of fused-ring (bicyclic) bond motifs is 1. The fraction of sp³-hybridized carbons (Fsp3) is 0.120. The van der Waals surface area contributed by atoms with E-state index >= 15 is 0 Å². The highest BCUT2D eigenvalue weighted by molar-refractivity contribution is 6.31. The lowest BCUT2D eigenvalue weighted by Crippen LogP contribution is -2.29. The number of H-pyrrole nitrogens is 1. The molecule has 7 heteroatoms. The Balaban J connectivity index is 1.64. The highest BCUT2D eigenvalue weighted by Gasteiger charge is 2.42. The molecule has 0 radical (unpaired) electrons. The first kappa shape index (κ1) is 20.3. The number of ether oxygens (including phenoxy) is 1. The zero-order valence-electron chi connectivity index (χ0n) is 17.2. The summed E-state index contributed by atoms with van der Waals surface area (Å²) < 4.78 is 19.4. The molecule has 5 rings (SSSR count). The number of aromatic amines is 1. The molecule has 0 bridgehead atoms. The molecule has 2 heterocycles. The van der Waals surface area contributed by atoms with Crippen LogP contribution in [0.5, 0.6) is 5.75 Å². The Morgan fingerprint density at radius 3 is 2.59 bits per heavy atom. The minimum absolute atomic E-state index is 0.207. The van der Waals surface area contributed by atoms with Crippen LogP contribution in [0.3, 0.4) is 0 Å². The summed E-state index contributed by atoms with van der Waals surface area (Å²) in [5, 5.41) is 7.92. The Bertz CT molecular complexity index is 1300. The number of carbonyl (C=O) groups is 1. The van der Waals surface area contributed by atoms with Gasteiger partial charge in [0.15, 0.2) is 0 Å². The van der Waals surface area contributed by atoms with Crippen LogP contribution in [0.15, 0.2) is 72.8 Å². The molecule has 5 nitrogen and oxygen atoms in total. The van der Waals surface area contributed by atoms with E-state index in [0.29, 0.717) is 22.0 Å². The van der Waals surface area contributed by atoms with Crippen LogP contribution in [0, 0.1) is 5.82 Å². The van der Waals surface area contributed by atoms with Crippen molar-refractivity contribution in [2.24, 2.45) is 0 Å². The molecule has 1 N–H and O–H groups in total. The van der Waals surface area contributed by atoms with Gasteiger partial charge in [-0.05, 0) is 53.6 Å². The molecule has 1 amide bonds. The zero-order valence-corrected chi connectivity index (χ0v) is 17.9. The average Bonchev–Trinajstić information content (AvgIpc) is 3.34. The molecule has 4 aromatic rings. The van der Waals surface area contributed by atoms with Crippen molar-refractivity contribution in [1.29, 1.82) is 0 Å². The lowest BCUT2D eigenvalue weighted by molar-refractivity contribution is 0.0730. The summed E-state index contributed by atoms with van der Waals surface area (Å²) in [4.78, 5) is 15.1. The number of benzene rings is 3. The molecule has 0 aliphatic carbocycles. The highest BCUT2D eigenvalue weighted by atomic mass is 35.5. The fourth-order valence-corrected chi connectivity index (χ4v) is 4.36. The minimum atomic E-state index is -0.514. The van der Waals surface area contributed by atoms with E-state index in [1.165, 1.54) is 12.1 Å². The van der Waals surface area contributed by atoms with Gasteiger partial charge in [0.1, 0.15) is 17.3 Å². The topological polar surface area (TPSA) is 58.2 Å². The molecule has 3 aromatic carbocycles. The van der Waals surface area contributed by atoms with Gasteiger partial charge in [0, 0.05) is 22.7 Å². The quantitative estimate of drug-likeness (QED) is 0.431. The van der Waals surface area contributed by atoms with E-state index in [0.717, 1.165) is 22.4 Å². The van der Waals surface area contributed by atoms with Crippen LogP contribution >= 0.6 is 11.6 Å². The highest BCUT2D eigenvalue weighted by Crippen LogP contribution is 2.44. The summed E-state index contributed by atoms with van der Waals surface area (Å²) in [5.41, 5.74) is 4.08. The number of halogens is 2. The van der Waals surface area contributed by atoms with Gasteiger partial charge < -0.3 is 9.64 Å². The van der Waals surface area contributed by atoms with Crippen molar-refractivity contribution < 1.29 is 13.9 Å². The maximum atomic E-state index is 14.2. The summed E-state index contributed by atoms with van der Waals surface area (Å²) in [5.74, 6) is 0.149. The molecule has 160 valence electrons. The predicted octanol–water partition coefficient (Wildman–Crippen LogP) is 5.62. The molecule has 0 saturated carbocycles. The van der Waals surface area contributed by atoms with Crippen LogP contribution in [-0.4, -0.2) is 28.1 Å². The molecule has 32 heavy (non-hydrogen) atoms. The van der Waals surface area contributed by atoms with E-state index in [1.807, 2.05) is 48.5 Å². The molecule has 1 atom stereocenters. The molecule has 1 aromatic heterocycles. The lowest BCUT2D eigenvalue weighted by atomic mass is 9.95. The van der Waals surface area contributed by atoms with Crippen molar-refractivity contribution in [3.05, 3.63) is 106 Å². The van der Waals surface area contributed by atoms with E-state index in [1.54, 1.807) is 24.1 Å². The van der Waals surface area contributed by atoms with E-state index in [2.05, 4.69) is 10.2 Å². The summed E-state index contributed by atoms with van der Waals surface area (Å²) in [7, 11) is 1.60. The Morgan fingerprint density at radius 1 is 1.09 bits per heavy atom. The van der Waals surface area contributed by atoms with Gasteiger partial charge in [-0.3, -0.25) is 9.89 Å². The number of carbonyl (C=O) groups excluding carboxylic acids is 1. The summed E-state index contributed by atoms with van der Waals surface area (Å²) in [6.07, 6.45) is 0. The molecular weight excluding hydrogens is 429 g/mol. The van der Waals surface area contributed by atoms with Crippen molar-refractivity contribution in [1.82, 2.24) is 15.1 Å². The average molecular weight is 448 g/mol. The van der Waals surface area contributed by atoms with E-state index in [9.17, 15) is 9.18 Å². The van der Waals surface area contributed by atoms with Gasteiger partial charge in [-0.25, -0.2) is 4.39 Å². The predicted molar refractivity (Wildman–Crippen MR) is 120 cm³/mol. The second-order valence-corrected chi connectivity index (χ2v) is 7.98. The standard InChI is InChI=1S/C25H19ClFN3O2/c1-32-19-11-9-15(10-12-19)22-21-23(29-28-22)25(31)30(14-17-5-2-3-8-20(17)26)24(21)16-6-4-7-18(27)13-16/h2-13,24H,14H2,1H3,(H,28,29). The third kappa shape index (κ3) is 3.42. The van der Waals surface area contributed by atoms with Gasteiger partial charge in [0.25, 0.3) is 5.91 Å². The fourth-order valence-electron chi connectivity index (χ4n) is 4.16. The molecule has 0 saturated heterocycles. The van der Waals surface area contributed by atoms with E-state index in [4.69, 9.17) is 16.3 Å². The van der Waals surface area contributed by atoms with E-state index in [-0.39, 0.29) is 18.3 Å². The van der Waals surface area contributed by atoms with Gasteiger partial charge in [-0.2, -0.15) is 5.10 Å². The molecule has 1 aliphatic rings. The number of hydrogen-bond donors (Lipinski definition) is 1. The molecule has 0 fully saturated rings. The van der Waals surface area contributed by atoms with Crippen LogP contribution in [0.2, 0.25) is 5.02 Å². The minimum Gasteiger partial charge on any atom is -0.497 e. The first-order valence-electron chi connectivity index (χ1n) is 10.1. The largest absolute Gasteiger partial charge is 0.497 e. The Hall–Kier alpha value is -3.64. The summed E-state index contributed by atoms with van der Waals surface area (Å²) in [6, 6.07) is 20.6. The van der Waals surface area contributed by atoms with Crippen LogP contribution < -0.4 is 4.74 Å². The maximum absolute atomic E-state index is 14.2. The SMILES string of the molecule is COc1ccc(-c2n[nH]c3c2C(c2cccc(F)c2)N(Cc2ccccc2Cl)C3=O)cc1. The third-order valence-electron chi connectivity index (χ3n) is 5.69. The smallest absolute Gasteiger partial charge is 0.273 e. The summed E-state index contributed by atoms with van der Waals surface area (Å²) >= 11 is 6.38. The van der Waals surface area contributed by atoms with Crippen molar-refractivity contribution in [3.8, 4) is 17.0 Å². The summed E-state index contributed by atoms with van der Waals surface area (Å²) in [6.45, 7) is 0.282. The van der Waals surface area contributed by atoms with Crippen LogP contribution in [-0.2, 0) is 6.54 Å². The first-order valence-corrected chi connectivity index (χ1v) is 10.5. The van der Waals surface area contributed by atoms with Crippen molar-refractivity contribution in [3.63, 3.8) is 0 Å². The number of rotatable bonds is 5. The Morgan fingerprint density at radius 2 is 1.88 bits per heavy atom. The molecule has 1 unspecified atom stereocenters. The van der Waals surface area contributed by atoms with Crippen molar-refractivity contribution in [2.75, 3.05) is 7.11 Å². The molecule has 0 spiro atoms. The van der Waals surface area contributed by atoms with Gasteiger partial charge in [-0.15, -0.1) is 0 Å². The van der Waals surface area contributed by atoms with Gasteiger partial charge in [0.2, 0.25) is 0 Å². The second-order valence-electron chi connectivity index (χ2n) is 7.57. The van der Waals surface area contributed by atoms with Gasteiger partial charge >= 0.3 is 0 Å². The number of hydrogen-bond acceptors (Lipinski definition) is 3. The molecular formula is C25H19ClFN3O2. The van der Waals surface area contributed by atoms with Crippen molar-refractivity contribution >= 4 is 17.5 Å². The molecule has 1 aliphatic heterocycles. The monoisotopic (exact) mass is 447 g/mol. The number of methoxy groups -OCH3 is 1. The second kappa shape index (κ2) is 8.13. The van der Waals surface area contributed by atoms with Crippen LogP contribution in [0.1, 0.15) is 33.2 Å². The van der Waals surface area contributed by atoms with Crippen LogP contribution in [0.4, 0.5) is 4.39 Å².